The molecule has 0 spiro atoms. The van der Waals surface area contributed by atoms with Gasteiger partial charge in [0.2, 0.25) is 5.91 Å². The lowest BCUT2D eigenvalue weighted by Crippen LogP contribution is -2.52. The van der Waals surface area contributed by atoms with Crippen molar-refractivity contribution >= 4 is 29.2 Å². The van der Waals surface area contributed by atoms with Gasteiger partial charge in [-0.05, 0) is 52.3 Å². The minimum atomic E-state index is -0.526. The smallest absolute Gasteiger partial charge is 0.414 e. The van der Waals surface area contributed by atoms with Gasteiger partial charge in [0.05, 0.1) is 24.5 Å². The third-order valence-corrected chi connectivity index (χ3v) is 5.68. The molecule has 0 aliphatic carbocycles. The Morgan fingerprint density at radius 2 is 1.85 bits per heavy atom. The number of hydrogen-bond donors (Lipinski definition) is 1. The van der Waals surface area contributed by atoms with Crippen molar-refractivity contribution in [3.8, 4) is 0 Å². The summed E-state index contributed by atoms with van der Waals surface area (Å²) in [5.74, 6) is -0.332. The van der Waals surface area contributed by atoms with Crippen LogP contribution < -0.4 is 15.1 Å². The summed E-state index contributed by atoms with van der Waals surface area (Å²) in [5.41, 5.74) is 0.760. The van der Waals surface area contributed by atoms with Crippen molar-refractivity contribution in [1.29, 1.82) is 0 Å². The van der Waals surface area contributed by atoms with Crippen molar-refractivity contribution in [1.82, 2.24) is 10.2 Å². The Bertz CT molecular complexity index is 863. The fourth-order valence-corrected chi connectivity index (χ4v) is 3.82. The summed E-state index contributed by atoms with van der Waals surface area (Å²) in [6.07, 6.45) is -0.0825. The van der Waals surface area contributed by atoms with Crippen LogP contribution in [-0.2, 0) is 14.3 Å². The second-order valence-electron chi connectivity index (χ2n) is 9.46. The van der Waals surface area contributed by atoms with Crippen LogP contribution in [0.2, 0.25) is 0 Å². The molecule has 1 aromatic rings. The van der Waals surface area contributed by atoms with E-state index in [9.17, 15) is 18.8 Å². The van der Waals surface area contributed by atoms with Crippen LogP contribution in [0.1, 0.15) is 48.0 Å². The molecule has 184 valence electrons. The van der Waals surface area contributed by atoms with Gasteiger partial charge in [-0.3, -0.25) is 9.69 Å². The second-order valence-corrected chi connectivity index (χ2v) is 9.46. The molecular weight excluding hydrogens is 427 g/mol. The van der Waals surface area contributed by atoms with Gasteiger partial charge in [-0.15, -0.1) is 0 Å². The first kappa shape index (κ1) is 26.6. The molecule has 2 aliphatic heterocycles. The van der Waals surface area contributed by atoms with Crippen LogP contribution in [0.25, 0.3) is 0 Å². The van der Waals surface area contributed by atoms with E-state index in [1.54, 1.807) is 17.0 Å². The van der Waals surface area contributed by atoms with E-state index in [2.05, 4.69) is 5.32 Å². The summed E-state index contributed by atoms with van der Waals surface area (Å²) < 4.78 is 20.2. The first-order valence-electron chi connectivity index (χ1n) is 11.1. The van der Waals surface area contributed by atoms with Gasteiger partial charge in [-0.25, -0.2) is 9.18 Å². The number of ether oxygens (including phenoxy) is 1. The normalized spacial score (nSPS) is 18.8. The Labute approximate surface area is 196 Å². The molecule has 2 amide bonds. The molecule has 0 bridgehead atoms. The number of cyclic esters (lactones) is 1. The summed E-state index contributed by atoms with van der Waals surface area (Å²) in [7, 11) is 0. The van der Waals surface area contributed by atoms with Gasteiger partial charge in [0.1, 0.15) is 17.7 Å². The van der Waals surface area contributed by atoms with Crippen LogP contribution >= 0.6 is 0 Å². The zero-order valence-corrected chi connectivity index (χ0v) is 19.3. The highest BCUT2D eigenvalue weighted by Gasteiger charge is 2.33. The van der Waals surface area contributed by atoms with E-state index in [-0.39, 0.29) is 37.3 Å². The third kappa shape index (κ3) is 7.15. The lowest BCUT2D eigenvalue weighted by atomic mass is 10.1. The number of amides is 2. The number of halogens is 1. The van der Waals surface area contributed by atoms with Crippen LogP contribution in [0.4, 0.5) is 20.6 Å². The van der Waals surface area contributed by atoms with Gasteiger partial charge >= 0.3 is 6.09 Å². The molecule has 2 heterocycles. The van der Waals surface area contributed by atoms with Crippen molar-refractivity contribution in [3.05, 3.63) is 24.0 Å². The van der Waals surface area contributed by atoms with E-state index in [4.69, 9.17) is 4.74 Å². The van der Waals surface area contributed by atoms with Gasteiger partial charge in [0.25, 0.3) is 0 Å². The van der Waals surface area contributed by atoms with E-state index >= 15 is 0 Å². The van der Waals surface area contributed by atoms with Crippen molar-refractivity contribution in [2.45, 2.75) is 59.6 Å². The quantitative estimate of drug-likeness (QED) is 0.667. The molecule has 0 saturated carbocycles. The van der Waals surface area contributed by atoms with E-state index < -0.39 is 11.9 Å². The Kier molecular flexibility index (Phi) is 8.82. The zero-order chi connectivity index (χ0) is 23.5. The van der Waals surface area contributed by atoms with E-state index in [0.29, 0.717) is 56.9 Å². The number of carbonyl (C=O) groups excluding carboxylic acids is 3. The maximum Gasteiger partial charge on any atom is 0.414 e. The molecule has 2 aliphatic rings. The number of nitrogens with one attached hydrogen (secondary N) is 1. The summed E-state index contributed by atoms with van der Waals surface area (Å²) in [6, 6.07) is 4.71. The lowest BCUT2D eigenvalue weighted by Gasteiger charge is -2.37. The number of Topliss-reactive ketones (excluding diaryl/α,β-unsaturated/α-hetero) is 1. The summed E-state index contributed by atoms with van der Waals surface area (Å²) in [5, 5.41) is 3.20. The third-order valence-electron chi connectivity index (χ3n) is 5.68. The number of hydrogen-bond acceptors (Lipinski definition) is 6. The molecule has 1 atom stereocenters. The molecule has 2 fully saturated rings. The molecule has 3 rings (SSSR count). The van der Waals surface area contributed by atoms with Gasteiger partial charge in [-0.2, -0.15) is 0 Å². The summed E-state index contributed by atoms with van der Waals surface area (Å²) >= 11 is 0. The number of ketones is 1. The number of rotatable bonds is 7. The Morgan fingerprint density at radius 3 is 2.42 bits per heavy atom. The molecule has 9 heteroatoms. The fraction of sp³-hybridized carbons (Fsp3) is 0.625. The Morgan fingerprint density at radius 1 is 1.18 bits per heavy atom. The fourth-order valence-electron chi connectivity index (χ4n) is 3.82. The van der Waals surface area contributed by atoms with Crippen LogP contribution in [0, 0.1) is 5.82 Å². The molecule has 1 aromatic carbocycles. The number of benzene rings is 1. The van der Waals surface area contributed by atoms with Crippen molar-refractivity contribution in [2.24, 2.45) is 0 Å². The van der Waals surface area contributed by atoms with Gasteiger partial charge < -0.3 is 24.6 Å². The van der Waals surface area contributed by atoms with Gasteiger partial charge in [0, 0.05) is 38.1 Å². The topological polar surface area (TPSA) is 82.2 Å². The monoisotopic (exact) mass is 464 g/mol. The van der Waals surface area contributed by atoms with Gasteiger partial charge in [0.15, 0.2) is 0 Å². The molecule has 0 aromatic heterocycles. The Hall–Kier alpha value is -2.68. The minimum absolute atomic E-state index is 0. The van der Waals surface area contributed by atoms with E-state index in [1.807, 2.05) is 25.7 Å². The average molecular weight is 465 g/mol. The van der Waals surface area contributed by atoms with Crippen LogP contribution in [0.15, 0.2) is 18.2 Å². The number of nitrogens with zero attached hydrogens (tertiary/aromatic N) is 3. The number of piperazine rings is 1. The first-order chi connectivity index (χ1) is 15.0. The van der Waals surface area contributed by atoms with Crippen molar-refractivity contribution in [3.63, 3.8) is 0 Å². The number of anilines is 2. The average Bonchev–Trinajstić information content (AvgIpc) is 3.10. The molecule has 8 nitrogen and oxygen atoms in total. The molecule has 1 N–H and O–H groups in total. The molecule has 0 unspecified atom stereocenters. The maximum absolute atomic E-state index is 14.9. The molecule has 2 saturated heterocycles. The Balaban J connectivity index is 0.00000385. The summed E-state index contributed by atoms with van der Waals surface area (Å²) in [4.78, 5) is 40.8. The highest BCUT2D eigenvalue weighted by atomic mass is 19.1. The highest BCUT2D eigenvalue weighted by molar-refractivity contribution is 5.90. The SMILES string of the molecule is C.CC(=O)CC[C@H]1CN(c2ccc(N3CCN(C(=O)CNC(C)(C)C)CC3)c(F)c2)C(=O)O1. The predicted octanol–water partition coefficient (Wildman–Crippen LogP) is 3.19. The van der Waals surface area contributed by atoms with Crippen LogP contribution in [-0.4, -0.2) is 73.6 Å². The largest absolute Gasteiger partial charge is 0.444 e. The number of carbonyl (C=O) groups is 3. The van der Waals surface area contributed by atoms with E-state index in [0.717, 1.165) is 0 Å². The minimum Gasteiger partial charge on any atom is -0.444 e. The maximum atomic E-state index is 14.9. The first-order valence-corrected chi connectivity index (χ1v) is 11.1. The van der Waals surface area contributed by atoms with E-state index in [1.165, 1.54) is 17.9 Å². The standard InChI is InChI=1S/C23H33FN4O4.CH4/c1-16(29)5-7-18-15-28(22(31)32-18)17-6-8-20(19(24)13-17)26-9-11-27(12-10-26)21(30)14-25-23(2,3)4;/h6,8,13,18,25H,5,7,9-12,14-15H2,1-4H3;1H4/t18-;/m0./s1. The van der Waals surface area contributed by atoms with Crippen molar-refractivity contribution < 1.29 is 23.5 Å². The van der Waals surface area contributed by atoms with Crippen LogP contribution in [0.5, 0.6) is 0 Å². The molecule has 33 heavy (non-hydrogen) atoms. The highest BCUT2D eigenvalue weighted by Crippen LogP contribution is 2.29. The van der Waals surface area contributed by atoms with Crippen molar-refractivity contribution in [2.75, 3.05) is 49.1 Å². The van der Waals surface area contributed by atoms with Gasteiger partial charge in [-0.1, -0.05) is 7.43 Å². The summed E-state index contributed by atoms with van der Waals surface area (Å²) in [6.45, 7) is 10.3. The lowest BCUT2D eigenvalue weighted by molar-refractivity contribution is -0.130. The zero-order valence-electron chi connectivity index (χ0n) is 19.3. The van der Waals surface area contributed by atoms with Crippen LogP contribution in [0.3, 0.4) is 0 Å². The molecular formula is C24H37FN4O4. The second kappa shape index (κ2) is 11.0. The molecule has 0 radical (unpaired) electrons. The predicted molar refractivity (Wildman–Crippen MR) is 127 cm³/mol.